The number of carbonyl (C=O) groups excluding carboxylic acids is 1. The Hall–Kier alpha value is -3.28. The molecule has 0 saturated heterocycles. The minimum Gasteiger partial charge on any atom is -0.395 e. The van der Waals surface area contributed by atoms with E-state index in [-0.39, 0.29) is 23.8 Å². The number of aliphatic hydroxyl groups is 3. The van der Waals surface area contributed by atoms with Crippen LogP contribution in [0.4, 0.5) is 18.9 Å². The van der Waals surface area contributed by atoms with Gasteiger partial charge in [-0.3, -0.25) is 4.79 Å². The third-order valence-electron chi connectivity index (χ3n) is 7.55. The summed E-state index contributed by atoms with van der Waals surface area (Å²) < 4.78 is 52.9. The molecule has 1 aliphatic carbocycles. The lowest BCUT2D eigenvalue weighted by Gasteiger charge is -2.29. The first-order chi connectivity index (χ1) is 17.8. The van der Waals surface area contributed by atoms with Crippen molar-refractivity contribution in [2.24, 2.45) is 0 Å². The molecule has 2 atom stereocenters. The zero-order valence-electron chi connectivity index (χ0n) is 21.1. The minimum absolute atomic E-state index is 0.0677. The molecule has 1 fully saturated rings. The van der Waals surface area contributed by atoms with Crippen molar-refractivity contribution in [2.45, 2.75) is 62.9 Å². The second-order valence-corrected chi connectivity index (χ2v) is 10.7. The molecular formula is C27H29F3N2O6. The number of ether oxygens (including phenoxy) is 2. The number of halogens is 3. The molecule has 1 amide bonds. The second kappa shape index (κ2) is 8.89. The van der Waals surface area contributed by atoms with Crippen molar-refractivity contribution in [3.8, 4) is 11.5 Å². The average Bonchev–Trinajstić information content (AvgIpc) is 3.51. The number of amides is 1. The van der Waals surface area contributed by atoms with Gasteiger partial charge in [-0.15, -0.1) is 8.78 Å². The molecule has 8 nitrogen and oxygen atoms in total. The van der Waals surface area contributed by atoms with Gasteiger partial charge in [-0.05, 0) is 49.6 Å². The first kappa shape index (κ1) is 26.3. The number of benzene rings is 2. The second-order valence-electron chi connectivity index (χ2n) is 10.7. The summed E-state index contributed by atoms with van der Waals surface area (Å²) in [5.74, 6) is -1.50. The van der Waals surface area contributed by atoms with Crippen molar-refractivity contribution in [2.75, 3.05) is 18.5 Å². The van der Waals surface area contributed by atoms with Gasteiger partial charge in [0.1, 0.15) is 5.82 Å². The zero-order chi connectivity index (χ0) is 27.6. The number of anilines is 1. The van der Waals surface area contributed by atoms with E-state index in [1.54, 1.807) is 31.4 Å². The van der Waals surface area contributed by atoms with Crippen molar-refractivity contribution in [3.05, 3.63) is 53.5 Å². The molecule has 204 valence electrons. The summed E-state index contributed by atoms with van der Waals surface area (Å²) in [6, 6.07) is 8.03. The Balaban J connectivity index is 1.49. The van der Waals surface area contributed by atoms with Crippen LogP contribution in [0.15, 0.2) is 36.4 Å². The summed E-state index contributed by atoms with van der Waals surface area (Å²) in [6.45, 7) is 4.56. The summed E-state index contributed by atoms with van der Waals surface area (Å²) in [6.07, 6.45) is -4.01. The van der Waals surface area contributed by atoms with E-state index in [0.29, 0.717) is 35.0 Å². The number of aliphatic hydroxyl groups excluding tert-OH is 3. The minimum atomic E-state index is -3.77. The Morgan fingerprint density at radius 3 is 2.45 bits per heavy atom. The fourth-order valence-corrected chi connectivity index (χ4v) is 4.97. The molecule has 3 aromatic rings. The third kappa shape index (κ3) is 4.28. The number of hydrogen-bond acceptors (Lipinski definition) is 6. The Morgan fingerprint density at radius 2 is 1.82 bits per heavy atom. The van der Waals surface area contributed by atoms with Crippen LogP contribution in [-0.2, 0) is 15.6 Å². The normalized spacial score (nSPS) is 18.9. The van der Waals surface area contributed by atoms with E-state index < -0.39 is 47.6 Å². The quantitative estimate of drug-likeness (QED) is 0.348. The lowest BCUT2D eigenvalue weighted by atomic mass is 9.90. The van der Waals surface area contributed by atoms with Gasteiger partial charge in [-0.2, -0.15) is 0 Å². The number of nitrogens with one attached hydrogen (secondary N) is 1. The van der Waals surface area contributed by atoms with Gasteiger partial charge in [0, 0.05) is 22.6 Å². The van der Waals surface area contributed by atoms with Crippen LogP contribution in [0.2, 0.25) is 0 Å². The average molecular weight is 535 g/mol. The van der Waals surface area contributed by atoms with Crippen LogP contribution in [0.25, 0.3) is 10.9 Å². The van der Waals surface area contributed by atoms with Crippen molar-refractivity contribution < 1.29 is 42.8 Å². The maximum absolute atomic E-state index is 15.4. The van der Waals surface area contributed by atoms with Gasteiger partial charge in [0.2, 0.25) is 5.91 Å². The molecule has 1 unspecified atom stereocenters. The molecule has 2 aliphatic rings. The number of fused-ring (bicyclic) bond motifs is 2. The molecule has 0 bridgehead atoms. The molecule has 38 heavy (non-hydrogen) atoms. The maximum Gasteiger partial charge on any atom is 0.586 e. The van der Waals surface area contributed by atoms with E-state index in [1.807, 2.05) is 0 Å². The van der Waals surface area contributed by atoms with Crippen LogP contribution in [0, 0.1) is 5.82 Å². The van der Waals surface area contributed by atoms with Gasteiger partial charge in [0.05, 0.1) is 42.0 Å². The fourth-order valence-electron chi connectivity index (χ4n) is 4.97. The van der Waals surface area contributed by atoms with Crippen LogP contribution in [0.1, 0.15) is 50.9 Å². The van der Waals surface area contributed by atoms with Crippen LogP contribution >= 0.6 is 0 Å². The summed E-state index contributed by atoms with van der Waals surface area (Å²) in [5, 5.41) is 33.0. The van der Waals surface area contributed by atoms with Crippen molar-refractivity contribution >= 4 is 22.5 Å². The highest BCUT2D eigenvalue weighted by Crippen LogP contribution is 2.52. The van der Waals surface area contributed by atoms with Gasteiger partial charge >= 0.3 is 6.29 Å². The highest BCUT2D eigenvalue weighted by Gasteiger charge is 2.53. The summed E-state index contributed by atoms with van der Waals surface area (Å²) in [7, 11) is 0. The SMILES string of the molecule is CC([C@@H](O)CO)n1c(C(C)(C)CO)cc2cc(NC(=O)C3(c4ccc5c(c4)OC(F)(F)O5)CC3)c(F)cc21. The number of nitrogens with zero attached hydrogens (tertiary/aromatic N) is 1. The highest BCUT2D eigenvalue weighted by molar-refractivity contribution is 6.03. The molecule has 1 saturated carbocycles. The molecule has 2 aromatic carbocycles. The van der Waals surface area contributed by atoms with Crippen molar-refractivity contribution in [1.82, 2.24) is 4.57 Å². The summed E-state index contributed by atoms with van der Waals surface area (Å²) in [4.78, 5) is 13.3. The molecule has 1 aromatic heterocycles. The summed E-state index contributed by atoms with van der Waals surface area (Å²) >= 11 is 0. The fraction of sp³-hybridized carbons (Fsp3) is 0.444. The third-order valence-corrected chi connectivity index (χ3v) is 7.55. The molecule has 0 spiro atoms. The number of rotatable bonds is 8. The van der Waals surface area contributed by atoms with E-state index in [0.717, 1.165) is 0 Å². The van der Waals surface area contributed by atoms with Crippen LogP contribution < -0.4 is 14.8 Å². The Kier molecular flexibility index (Phi) is 6.16. The van der Waals surface area contributed by atoms with Gasteiger partial charge in [-0.1, -0.05) is 19.9 Å². The highest BCUT2D eigenvalue weighted by atomic mass is 19.3. The predicted octanol–water partition coefficient (Wildman–Crippen LogP) is 3.96. The number of alkyl halides is 2. The Morgan fingerprint density at radius 1 is 1.13 bits per heavy atom. The van der Waals surface area contributed by atoms with E-state index >= 15 is 4.39 Å². The lowest BCUT2D eigenvalue weighted by Crippen LogP contribution is -2.32. The van der Waals surface area contributed by atoms with E-state index in [1.165, 1.54) is 30.3 Å². The number of aromatic nitrogens is 1. The number of hydrogen-bond donors (Lipinski definition) is 4. The standard InChI is InChI=1S/C27H29F3N2O6/c1-14(20(35)12-33)32-19-11-17(28)18(8-15(19)9-23(32)25(2,3)13-34)31-24(36)26(6-7-26)16-4-5-21-22(10-16)38-27(29,30)37-21/h4-5,8-11,14,20,33-35H,6-7,12-13H2,1-3H3,(H,31,36)/t14?,20-/m0/s1. The van der Waals surface area contributed by atoms with Crippen LogP contribution in [-0.4, -0.2) is 51.4 Å². The smallest absolute Gasteiger partial charge is 0.395 e. The largest absolute Gasteiger partial charge is 0.586 e. The molecule has 0 radical (unpaired) electrons. The molecule has 5 rings (SSSR count). The van der Waals surface area contributed by atoms with Gasteiger partial charge in [0.15, 0.2) is 11.5 Å². The van der Waals surface area contributed by atoms with Crippen LogP contribution in [0.3, 0.4) is 0 Å². The predicted molar refractivity (Wildman–Crippen MR) is 132 cm³/mol. The van der Waals surface area contributed by atoms with E-state index in [2.05, 4.69) is 14.8 Å². The van der Waals surface area contributed by atoms with Gasteiger partial charge in [0.25, 0.3) is 0 Å². The van der Waals surface area contributed by atoms with Gasteiger partial charge in [-0.25, -0.2) is 4.39 Å². The topological polar surface area (TPSA) is 113 Å². The van der Waals surface area contributed by atoms with E-state index in [4.69, 9.17) is 0 Å². The van der Waals surface area contributed by atoms with Crippen molar-refractivity contribution in [3.63, 3.8) is 0 Å². The maximum atomic E-state index is 15.4. The zero-order valence-corrected chi connectivity index (χ0v) is 21.1. The molecule has 4 N–H and O–H groups in total. The van der Waals surface area contributed by atoms with E-state index in [9.17, 15) is 28.9 Å². The molecule has 1 aliphatic heterocycles. The molecule has 2 heterocycles. The Labute approximate surface area is 216 Å². The Bertz CT molecular complexity index is 1420. The first-order valence-corrected chi connectivity index (χ1v) is 12.3. The monoisotopic (exact) mass is 534 g/mol. The lowest BCUT2D eigenvalue weighted by molar-refractivity contribution is -0.286. The molecule has 11 heteroatoms. The van der Waals surface area contributed by atoms with Gasteiger partial charge < -0.3 is 34.7 Å². The van der Waals surface area contributed by atoms with Crippen LogP contribution in [0.5, 0.6) is 11.5 Å². The first-order valence-electron chi connectivity index (χ1n) is 12.3. The van der Waals surface area contributed by atoms with Crippen molar-refractivity contribution in [1.29, 1.82) is 0 Å². The summed E-state index contributed by atoms with van der Waals surface area (Å²) in [5.41, 5.74) is -0.337. The number of carbonyl (C=O) groups is 1. The molecular weight excluding hydrogens is 505 g/mol.